The Morgan fingerprint density at radius 2 is 2.29 bits per heavy atom. The van der Waals surface area contributed by atoms with Gasteiger partial charge < -0.3 is 16.0 Å². The number of nitrogen functional groups attached to an aromatic ring is 1. The summed E-state index contributed by atoms with van der Waals surface area (Å²) in [4.78, 5) is 11.0. The molecule has 0 spiro atoms. The molecule has 0 saturated carbocycles. The zero-order chi connectivity index (χ0) is 12.0. The number of nitrogens with two attached hydrogens (primary N) is 1. The Hall–Kier alpha value is -1.36. The lowest BCUT2D eigenvalue weighted by atomic mass is 10.1. The Bertz CT molecular complexity index is 431. The third-order valence-electron chi connectivity index (χ3n) is 3.69. The molecule has 0 unspecified atom stereocenters. The van der Waals surface area contributed by atoms with Crippen LogP contribution in [0.3, 0.4) is 0 Å². The first-order chi connectivity index (χ1) is 8.13. The van der Waals surface area contributed by atoms with Crippen LogP contribution in [0.15, 0.2) is 6.07 Å². The maximum atomic E-state index is 5.80. The minimum Gasteiger partial charge on any atom is -0.368 e. The van der Waals surface area contributed by atoms with Gasteiger partial charge in [-0.1, -0.05) is 13.8 Å². The highest BCUT2D eigenvalue weighted by Gasteiger charge is 2.38. The molecule has 2 aliphatic heterocycles. The van der Waals surface area contributed by atoms with Crippen LogP contribution in [0.2, 0.25) is 0 Å². The molecule has 92 valence electrons. The van der Waals surface area contributed by atoms with Crippen molar-refractivity contribution in [1.82, 2.24) is 15.3 Å². The van der Waals surface area contributed by atoms with Crippen molar-refractivity contribution in [2.45, 2.75) is 38.3 Å². The highest BCUT2D eigenvalue weighted by Crippen LogP contribution is 2.29. The van der Waals surface area contributed by atoms with E-state index in [1.54, 1.807) is 0 Å². The van der Waals surface area contributed by atoms with Crippen molar-refractivity contribution in [2.24, 2.45) is 0 Å². The molecule has 3 rings (SSSR count). The Kier molecular flexibility index (Phi) is 2.43. The van der Waals surface area contributed by atoms with E-state index < -0.39 is 0 Å². The van der Waals surface area contributed by atoms with E-state index in [1.807, 2.05) is 0 Å². The van der Waals surface area contributed by atoms with Crippen LogP contribution in [-0.4, -0.2) is 35.1 Å². The molecule has 0 radical (unpaired) electrons. The first kappa shape index (κ1) is 10.8. The average molecular weight is 233 g/mol. The fraction of sp³-hybridized carbons (Fsp3) is 0.667. The number of nitrogens with one attached hydrogen (secondary N) is 1. The molecule has 17 heavy (non-hydrogen) atoms. The number of anilines is 2. The van der Waals surface area contributed by atoms with E-state index in [4.69, 9.17) is 5.73 Å². The molecule has 0 amide bonds. The zero-order valence-electron chi connectivity index (χ0n) is 10.3. The van der Waals surface area contributed by atoms with Gasteiger partial charge in [-0.3, -0.25) is 0 Å². The normalized spacial score (nSPS) is 27.1. The molecule has 3 N–H and O–H groups in total. The molecule has 0 aliphatic carbocycles. The number of aromatic nitrogens is 2. The third-order valence-corrected chi connectivity index (χ3v) is 3.69. The maximum absolute atomic E-state index is 5.80. The second kappa shape index (κ2) is 3.84. The smallest absolute Gasteiger partial charge is 0.222 e. The van der Waals surface area contributed by atoms with Gasteiger partial charge in [0, 0.05) is 31.2 Å². The quantitative estimate of drug-likeness (QED) is 0.788. The van der Waals surface area contributed by atoms with E-state index in [2.05, 4.69) is 40.1 Å². The van der Waals surface area contributed by atoms with Gasteiger partial charge in [-0.05, 0) is 12.3 Å². The largest absolute Gasteiger partial charge is 0.368 e. The Morgan fingerprint density at radius 1 is 1.47 bits per heavy atom. The molecule has 5 nitrogen and oxygen atoms in total. The Balaban J connectivity index is 1.92. The number of nitrogens with zero attached hydrogens (tertiary/aromatic N) is 3. The number of hydrogen-bond acceptors (Lipinski definition) is 5. The van der Waals surface area contributed by atoms with Crippen molar-refractivity contribution >= 4 is 11.8 Å². The summed E-state index contributed by atoms with van der Waals surface area (Å²) in [6.07, 6.45) is 1.22. The van der Waals surface area contributed by atoms with Crippen LogP contribution in [0.5, 0.6) is 0 Å². The van der Waals surface area contributed by atoms with Crippen LogP contribution in [-0.2, 0) is 0 Å². The third kappa shape index (κ3) is 1.84. The number of fused-ring (bicyclic) bond motifs is 2. The fourth-order valence-corrected chi connectivity index (χ4v) is 2.76. The van der Waals surface area contributed by atoms with E-state index in [0.29, 0.717) is 23.9 Å². The summed E-state index contributed by atoms with van der Waals surface area (Å²) in [5, 5.41) is 3.49. The molecular weight excluding hydrogens is 214 g/mol. The highest BCUT2D eigenvalue weighted by molar-refractivity contribution is 5.47. The summed E-state index contributed by atoms with van der Waals surface area (Å²) >= 11 is 0. The Labute approximate surface area is 101 Å². The van der Waals surface area contributed by atoms with Crippen LogP contribution >= 0.6 is 0 Å². The summed E-state index contributed by atoms with van der Waals surface area (Å²) in [6, 6.07) is 3.29. The zero-order valence-corrected chi connectivity index (χ0v) is 10.3. The van der Waals surface area contributed by atoms with Gasteiger partial charge in [-0.25, -0.2) is 4.98 Å². The van der Waals surface area contributed by atoms with Gasteiger partial charge in [-0.15, -0.1) is 0 Å². The minimum atomic E-state index is 0.386. The fourth-order valence-electron chi connectivity index (χ4n) is 2.76. The summed E-state index contributed by atoms with van der Waals surface area (Å²) in [7, 11) is 0. The van der Waals surface area contributed by atoms with Crippen LogP contribution in [0.25, 0.3) is 0 Å². The second-order valence-corrected chi connectivity index (χ2v) is 5.31. The van der Waals surface area contributed by atoms with E-state index >= 15 is 0 Å². The van der Waals surface area contributed by atoms with E-state index in [-0.39, 0.29) is 0 Å². The molecule has 2 aliphatic rings. The summed E-state index contributed by atoms with van der Waals surface area (Å²) in [5.41, 5.74) is 6.83. The topological polar surface area (TPSA) is 67.1 Å². The van der Waals surface area contributed by atoms with Crippen LogP contribution in [0.1, 0.15) is 31.9 Å². The number of hydrogen-bond donors (Lipinski definition) is 2. The molecule has 2 bridgehead atoms. The van der Waals surface area contributed by atoms with Crippen molar-refractivity contribution < 1.29 is 0 Å². The summed E-state index contributed by atoms with van der Waals surface area (Å²) in [6.45, 7) is 6.36. The van der Waals surface area contributed by atoms with Crippen molar-refractivity contribution in [3.05, 3.63) is 11.8 Å². The van der Waals surface area contributed by atoms with Crippen molar-refractivity contribution in [1.29, 1.82) is 0 Å². The number of piperazine rings is 1. The molecule has 3 heterocycles. The van der Waals surface area contributed by atoms with Gasteiger partial charge in [0.2, 0.25) is 5.95 Å². The maximum Gasteiger partial charge on any atom is 0.222 e. The molecule has 0 aromatic carbocycles. The van der Waals surface area contributed by atoms with E-state index in [1.165, 1.54) is 6.42 Å². The molecule has 1 aromatic heterocycles. The van der Waals surface area contributed by atoms with Gasteiger partial charge in [0.15, 0.2) is 0 Å². The average Bonchev–Trinajstić information content (AvgIpc) is 2.89. The second-order valence-electron chi connectivity index (χ2n) is 5.31. The molecule has 5 heteroatoms. The predicted octanol–water partition coefficient (Wildman–Crippen LogP) is 0.733. The van der Waals surface area contributed by atoms with E-state index in [0.717, 1.165) is 24.6 Å². The van der Waals surface area contributed by atoms with Crippen LogP contribution in [0, 0.1) is 0 Å². The van der Waals surface area contributed by atoms with E-state index in [9.17, 15) is 0 Å². The van der Waals surface area contributed by atoms with Gasteiger partial charge in [0.05, 0.1) is 5.69 Å². The summed E-state index contributed by atoms with van der Waals surface area (Å²) < 4.78 is 0. The molecule has 2 fully saturated rings. The first-order valence-electron chi connectivity index (χ1n) is 6.28. The SMILES string of the molecule is CC(C)c1cc(N2C[C@H]3C[C@H]2CN3)nc(N)n1. The minimum absolute atomic E-state index is 0.386. The molecule has 1 aromatic rings. The monoisotopic (exact) mass is 233 g/mol. The van der Waals surface area contributed by atoms with Crippen LogP contribution < -0.4 is 16.0 Å². The molecule has 2 atom stereocenters. The molecular formula is C12H19N5. The van der Waals surface area contributed by atoms with Crippen LogP contribution in [0.4, 0.5) is 11.8 Å². The van der Waals surface area contributed by atoms with Gasteiger partial charge in [0.1, 0.15) is 5.82 Å². The van der Waals surface area contributed by atoms with Crippen molar-refractivity contribution in [3.8, 4) is 0 Å². The Morgan fingerprint density at radius 3 is 2.88 bits per heavy atom. The van der Waals surface area contributed by atoms with Crippen molar-refractivity contribution in [3.63, 3.8) is 0 Å². The summed E-state index contributed by atoms with van der Waals surface area (Å²) in [5.74, 6) is 1.77. The first-order valence-corrected chi connectivity index (χ1v) is 6.28. The van der Waals surface area contributed by atoms with Crippen molar-refractivity contribution in [2.75, 3.05) is 23.7 Å². The standard InChI is InChI=1S/C12H19N5/c1-7(2)10-4-11(16-12(13)15-10)17-6-8-3-9(17)5-14-8/h4,7-9,14H,3,5-6H2,1-2H3,(H2,13,15,16)/t8-,9+/m1/s1. The lowest BCUT2D eigenvalue weighted by molar-refractivity contribution is 0.575. The van der Waals surface area contributed by atoms with Gasteiger partial charge >= 0.3 is 0 Å². The van der Waals surface area contributed by atoms with Gasteiger partial charge in [0.25, 0.3) is 0 Å². The highest BCUT2D eigenvalue weighted by atomic mass is 15.3. The molecule has 2 saturated heterocycles. The lowest BCUT2D eigenvalue weighted by Gasteiger charge is -2.29. The lowest BCUT2D eigenvalue weighted by Crippen LogP contribution is -2.44. The predicted molar refractivity (Wildman–Crippen MR) is 68.1 cm³/mol. The van der Waals surface area contributed by atoms with Gasteiger partial charge in [-0.2, -0.15) is 4.98 Å². The number of rotatable bonds is 2.